The van der Waals surface area contributed by atoms with Gasteiger partial charge in [-0.2, -0.15) is 0 Å². The summed E-state index contributed by atoms with van der Waals surface area (Å²) in [6, 6.07) is 7.89. The molecule has 28 heavy (non-hydrogen) atoms. The van der Waals surface area contributed by atoms with Gasteiger partial charge < -0.3 is 29.4 Å². The second kappa shape index (κ2) is 9.50. The van der Waals surface area contributed by atoms with E-state index in [-0.39, 0.29) is 17.9 Å². The molecule has 2 aromatic carbocycles. The number of carbonyl (C=O) groups excluding carboxylic acids is 2. The predicted molar refractivity (Wildman–Crippen MR) is 101 cm³/mol. The van der Waals surface area contributed by atoms with Crippen molar-refractivity contribution < 1.29 is 33.6 Å². The van der Waals surface area contributed by atoms with Gasteiger partial charge in [0.2, 0.25) is 0 Å². The van der Waals surface area contributed by atoms with E-state index in [4.69, 9.17) is 18.9 Å². The lowest BCUT2D eigenvalue weighted by atomic mass is 10.1. The molecule has 0 spiro atoms. The molecule has 2 aromatic rings. The van der Waals surface area contributed by atoms with Crippen LogP contribution in [0.4, 0.5) is 0 Å². The Morgan fingerprint density at radius 1 is 0.964 bits per heavy atom. The summed E-state index contributed by atoms with van der Waals surface area (Å²) in [5.41, 5.74) is 1.46. The Kier molecular flexibility index (Phi) is 7.08. The Morgan fingerprint density at radius 3 is 2.25 bits per heavy atom. The zero-order valence-corrected chi connectivity index (χ0v) is 16.2. The number of amides is 1. The molecule has 0 atom stereocenters. The summed E-state index contributed by atoms with van der Waals surface area (Å²) in [7, 11) is 4.52. The monoisotopic (exact) mass is 389 g/mol. The number of phenolic OH excluding ortho intramolecular Hbond substituents is 1. The first-order valence-corrected chi connectivity index (χ1v) is 8.42. The Labute approximate surface area is 163 Å². The molecule has 2 N–H and O–H groups in total. The first-order chi connectivity index (χ1) is 13.4. The molecule has 0 aliphatic rings. The highest BCUT2D eigenvalue weighted by atomic mass is 16.5. The molecular formula is C20H23NO7. The van der Waals surface area contributed by atoms with Crippen molar-refractivity contribution in [3.63, 3.8) is 0 Å². The van der Waals surface area contributed by atoms with Crippen LogP contribution in [0.25, 0.3) is 0 Å². The van der Waals surface area contributed by atoms with Crippen molar-refractivity contribution in [1.82, 2.24) is 5.32 Å². The SMILES string of the molecule is COc1cc(OC)c(OC)cc1CNC(=O)COC(=O)c1cc(C)ccc1O. The summed E-state index contributed by atoms with van der Waals surface area (Å²) < 4.78 is 20.7. The summed E-state index contributed by atoms with van der Waals surface area (Å²) in [6.07, 6.45) is 0. The molecule has 0 radical (unpaired) electrons. The quantitative estimate of drug-likeness (QED) is 0.667. The van der Waals surface area contributed by atoms with E-state index in [0.717, 1.165) is 5.56 Å². The van der Waals surface area contributed by atoms with Gasteiger partial charge in [0.1, 0.15) is 17.1 Å². The number of hydrogen-bond acceptors (Lipinski definition) is 7. The van der Waals surface area contributed by atoms with Crippen LogP contribution in [0.5, 0.6) is 23.0 Å². The fourth-order valence-electron chi connectivity index (χ4n) is 2.50. The maximum atomic E-state index is 12.0. The lowest BCUT2D eigenvalue weighted by Crippen LogP contribution is -2.28. The van der Waals surface area contributed by atoms with Gasteiger partial charge in [0, 0.05) is 18.2 Å². The summed E-state index contributed by atoms with van der Waals surface area (Å²) in [4.78, 5) is 24.1. The van der Waals surface area contributed by atoms with E-state index < -0.39 is 18.5 Å². The van der Waals surface area contributed by atoms with E-state index in [1.54, 1.807) is 25.1 Å². The van der Waals surface area contributed by atoms with Crippen LogP contribution >= 0.6 is 0 Å². The minimum absolute atomic E-state index is 0.00867. The van der Waals surface area contributed by atoms with Crippen LogP contribution in [-0.2, 0) is 16.1 Å². The maximum absolute atomic E-state index is 12.0. The van der Waals surface area contributed by atoms with Gasteiger partial charge in [0.25, 0.3) is 5.91 Å². The predicted octanol–water partition coefficient (Wildman–Crippen LogP) is 2.20. The number of methoxy groups -OCH3 is 3. The number of benzene rings is 2. The van der Waals surface area contributed by atoms with E-state index in [2.05, 4.69) is 5.32 Å². The largest absolute Gasteiger partial charge is 0.507 e. The summed E-state index contributed by atoms with van der Waals surface area (Å²) in [5, 5.41) is 12.4. The molecule has 0 bridgehead atoms. The van der Waals surface area contributed by atoms with Crippen LogP contribution in [-0.4, -0.2) is 44.9 Å². The molecule has 0 saturated heterocycles. The Morgan fingerprint density at radius 2 is 1.61 bits per heavy atom. The molecule has 2 rings (SSSR count). The van der Waals surface area contributed by atoms with Gasteiger partial charge in [-0.3, -0.25) is 4.79 Å². The van der Waals surface area contributed by atoms with Crippen molar-refractivity contribution in [1.29, 1.82) is 0 Å². The van der Waals surface area contributed by atoms with Gasteiger partial charge in [-0.05, 0) is 25.1 Å². The minimum Gasteiger partial charge on any atom is -0.507 e. The zero-order chi connectivity index (χ0) is 20.7. The average molecular weight is 389 g/mol. The van der Waals surface area contributed by atoms with Crippen molar-refractivity contribution >= 4 is 11.9 Å². The zero-order valence-electron chi connectivity index (χ0n) is 16.2. The molecule has 0 unspecified atom stereocenters. The molecule has 8 heteroatoms. The highest BCUT2D eigenvalue weighted by Gasteiger charge is 2.16. The Balaban J connectivity index is 1.97. The lowest BCUT2D eigenvalue weighted by molar-refractivity contribution is -0.124. The van der Waals surface area contributed by atoms with Crippen LogP contribution in [0.2, 0.25) is 0 Å². The molecule has 0 aliphatic heterocycles. The first kappa shape index (κ1) is 20.9. The van der Waals surface area contributed by atoms with Crippen LogP contribution in [0.3, 0.4) is 0 Å². The number of nitrogens with one attached hydrogen (secondary N) is 1. The third kappa shape index (κ3) is 5.06. The van der Waals surface area contributed by atoms with Gasteiger partial charge in [0.15, 0.2) is 18.1 Å². The smallest absolute Gasteiger partial charge is 0.342 e. The second-order valence-corrected chi connectivity index (χ2v) is 5.89. The van der Waals surface area contributed by atoms with E-state index in [9.17, 15) is 14.7 Å². The fourth-order valence-corrected chi connectivity index (χ4v) is 2.50. The number of ether oxygens (including phenoxy) is 4. The van der Waals surface area contributed by atoms with Crippen LogP contribution in [0.15, 0.2) is 30.3 Å². The van der Waals surface area contributed by atoms with Crippen LogP contribution in [0, 0.1) is 6.92 Å². The molecule has 0 aromatic heterocycles. The molecule has 0 aliphatic carbocycles. The molecule has 0 heterocycles. The van der Waals surface area contributed by atoms with Crippen molar-refractivity contribution in [2.45, 2.75) is 13.5 Å². The maximum Gasteiger partial charge on any atom is 0.342 e. The van der Waals surface area contributed by atoms with Crippen molar-refractivity contribution in [3.8, 4) is 23.0 Å². The molecule has 0 fully saturated rings. The Hall–Kier alpha value is -3.42. The minimum atomic E-state index is -0.778. The first-order valence-electron chi connectivity index (χ1n) is 8.42. The second-order valence-electron chi connectivity index (χ2n) is 5.89. The molecule has 1 amide bonds. The molecule has 0 saturated carbocycles. The molecule has 150 valence electrons. The third-order valence-corrected chi connectivity index (χ3v) is 3.97. The Bertz CT molecular complexity index is 864. The standard InChI is InChI=1S/C20H23NO7/c1-12-5-6-15(22)14(7-12)20(24)28-11-19(23)21-10-13-8-17(26-3)18(27-4)9-16(13)25-2/h5-9,22H,10-11H2,1-4H3,(H,21,23). The average Bonchev–Trinajstić information content (AvgIpc) is 2.71. The van der Waals surface area contributed by atoms with Crippen molar-refractivity contribution in [2.75, 3.05) is 27.9 Å². The van der Waals surface area contributed by atoms with Gasteiger partial charge in [-0.25, -0.2) is 4.79 Å². The van der Waals surface area contributed by atoms with Crippen LogP contribution < -0.4 is 19.5 Å². The number of carbonyl (C=O) groups is 2. The fraction of sp³-hybridized carbons (Fsp3) is 0.300. The summed E-state index contributed by atoms with van der Waals surface area (Å²) >= 11 is 0. The van der Waals surface area contributed by atoms with E-state index in [1.807, 2.05) is 0 Å². The van der Waals surface area contributed by atoms with Crippen molar-refractivity contribution in [2.24, 2.45) is 0 Å². The number of phenols is 1. The number of aryl methyl sites for hydroxylation is 1. The van der Waals surface area contributed by atoms with Gasteiger partial charge in [-0.1, -0.05) is 11.6 Å². The highest BCUT2D eigenvalue weighted by molar-refractivity contribution is 5.94. The normalized spacial score (nSPS) is 10.1. The highest BCUT2D eigenvalue weighted by Crippen LogP contribution is 2.34. The topological polar surface area (TPSA) is 103 Å². The van der Waals surface area contributed by atoms with E-state index in [1.165, 1.54) is 33.5 Å². The van der Waals surface area contributed by atoms with Gasteiger partial charge in [0.05, 0.1) is 21.3 Å². The molecular weight excluding hydrogens is 366 g/mol. The summed E-state index contributed by atoms with van der Waals surface area (Å²) in [6.45, 7) is 1.43. The number of esters is 1. The third-order valence-electron chi connectivity index (χ3n) is 3.97. The van der Waals surface area contributed by atoms with Crippen molar-refractivity contribution in [3.05, 3.63) is 47.0 Å². The van der Waals surface area contributed by atoms with Crippen LogP contribution in [0.1, 0.15) is 21.5 Å². The number of rotatable bonds is 8. The summed E-state index contributed by atoms with van der Waals surface area (Å²) in [5.74, 6) is 0.0262. The van der Waals surface area contributed by atoms with Gasteiger partial charge in [-0.15, -0.1) is 0 Å². The molecule has 8 nitrogen and oxygen atoms in total. The number of hydrogen-bond donors (Lipinski definition) is 2. The number of aromatic hydroxyl groups is 1. The van der Waals surface area contributed by atoms with E-state index in [0.29, 0.717) is 22.8 Å². The van der Waals surface area contributed by atoms with E-state index >= 15 is 0 Å². The lowest BCUT2D eigenvalue weighted by Gasteiger charge is -2.14. The van der Waals surface area contributed by atoms with Gasteiger partial charge >= 0.3 is 5.97 Å².